The van der Waals surface area contributed by atoms with Crippen molar-refractivity contribution in [1.29, 1.82) is 0 Å². The van der Waals surface area contributed by atoms with Crippen molar-refractivity contribution in [3.63, 3.8) is 0 Å². The molecule has 5 heteroatoms. The third-order valence-corrected chi connectivity index (χ3v) is 2.67. The third-order valence-electron chi connectivity index (χ3n) is 2.41. The molecule has 2 rings (SSSR count). The highest BCUT2D eigenvalue weighted by Crippen LogP contribution is 2.24. The number of nitrogens with one attached hydrogen (secondary N) is 1. The van der Waals surface area contributed by atoms with E-state index in [4.69, 9.17) is 16.3 Å². The van der Waals surface area contributed by atoms with Crippen LogP contribution in [-0.4, -0.2) is 30.2 Å². The van der Waals surface area contributed by atoms with E-state index in [9.17, 15) is 0 Å². The van der Waals surface area contributed by atoms with E-state index < -0.39 is 0 Å². The fourth-order valence-corrected chi connectivity index (χ4v) is 1.68. The number of benzene rings is 1. The zero-order valence-electron chi connectivity index (χ0n) is 10.1. The van der Waals surface area contributed by atoms with Crippen LogP contribution in [0.1, 0.15) is 0 Å². The molecule has 1 aromatic heterocycles. The fraction of sp³-hybridized carbons (Fsp3) is 0.231. The summed E-state index contributed by atoms with van der Waals surface area (Å²) in [5.41, 5.74) is 1.79. The zero-order chi connectivity index (χ0) is 12.8. The van der Waals surface area contributed by atoms with E-state index in [1.54, 1.807) is 19.5 Å². The molecule has 94 valence electrons. The van der Waals surface area contributed by atoms with Crippen LogP contribution in [0.2, 0.25) is 5.02 Å². The lowest BCUT2D eigenvalue weighted by molar-refractivity contribution is 0.210. The molecule has 0 aliphatic heterocycles. The number of methoxy groups -OCH3 is 1. The van der Waals surface area contributed by atoms with Crippen LogP contribution in [0.15, 0.2) is 36.7 Å². The Morgan fingerprint density at radius 2 is 1.89 bits per heavy atom. The molecule has 1 heterocycles. The Hall–Kier alpha value is -1.65. The SMILES string of the molecule is COCCNc1nccnc1-c1ccc(Cl)cc1. The van der Waals surface area contributed by atoms with E-state index in [2.05, 4.69) is 15.3 Å². The third kappa shape index (κ3) is 3.18. The average Bonchev–Trinajstić information content (AvgIpc) is 2.41. The molecular formula is C13H14ClN3O. The first-order chi connectivity index (χ1) is 8.81. The van der Waals surface area contributed by atoms with Crippen molar-refractivity contribution < 1.29 is 4.74 Å². The molecule has 0 amide bonds. The first-order valence-electron chi connectivity index (χ1n) is 5.61. The van der Waals surface area contributed by atoms with Gasteiger partial charge in [-0.1, -0.05) is 23.7 Å². The van der Waals surface area contributed by atoms with Crippen molar-refractivity contribution in [1.82, 2.24) is 9.97 Å². The van der Waals surface area contributed by atoms with Gasteiger partial charge in [0.2, 0.25) is 0 Å². The lowest BCUT2D eigenvalue weighted by atomic mass is 10.1. The summed E-state index contributed by atoms with van der Waals surface area (Å²) in [6.07, 6.45) is 3.33. The molecular weight excluding hydrogens is 250 g/mol. The lowest BCUT2D eigenvalue weighted by Crippen LogP contribution is -2.10. The van der Waals surface area contributed by atoms with Gasteiger partial charge in [0.25, 0.3) is 0 Å². The van der Waals surface area contributed by atoms with Gasteiger partial charge in [-0.2, -0.15) is 0 Å². The Bertz CT molecular complexity index is 502. The van der Waals surface area contributed by atoms with Gasteiger partial charge >= 0.3 is 0 Å². The van der Waals surface area contributed by atoms with Crippen LogP contribution in [0.4, 0.5) is 5.82 Å². The maximum atomic E-state index is 5.87. The second kappa shape index (κ2) is 6.33. The number of nitrogens with zero attached hydrogens (tertiary/aromatic N) is 2. The number of hydrogen-bond acceptors (Lipinski definition) is 4. The van der Waals surface area contributed by atoms with Crippen molar-refractivity contribution in [2.24, 2.45) is 0 Å². The molecule has 0 aliphatic rings. The van der Waals surface area contributed by atoms with Crippen molar-refractivity contribution in [2.75, 3.05) is 25.6 Å². The molecule has 1 aromatic carbocycles. The minimum atomic E-state index is 0.622. The lowest BCUT2D eigenvalue weighted by Gasteiger charge is -2.09. The number of rotatable bonds is 5. The average molecular weight is 264 g/mol. The van der Waals surface area contributed by atoms with Crippen LogP contribution in [0.5, 0.6) is 0 Å². The van der Waals surface area contributed by atoms with Gasteiger partial charge < -0.3 is 10.1 Å². The summed E-state index contributed by atoms with van der Waals surface area (Å²) in [4.78, 5) is 8.64. The van der Waals surface area contributed by atoms with Gasteiger partial charge in [0.1, 0.15) is 5.69 Å². The first-order valence-corrected chi connectivity index (χ1v) is 5.99. The molecule has 0 bridgehead atoms. The fourth-order valence-electron chi connectivity index (χ4n) is 1.56. The number of hydrogen-bond donors (Lipinski definition) is 1. The van der Waals surface area contributed by atoms with E-state index >= 15 is 0 Å². The van der Waals surface area contributed by atoms with Gasteiger partial charge in [0.05, 0.1) is 6.61 Å². The van der Waals surface area contributed by atoms with Crippen LogP contribution in [0.3, 0.4) is 0 Å². The second-order valence-electron chi connectivity index (χ2n) is 3.68. The number of ether oxygens (including phenoxy) is 1. The molecule has 0 radical (unpaired) electrons. The summed E-state index contributed by atoms with van der Waals surface area (Å²) in [5, 5.41) is 3.90. The molecule has 0 unspecified atom stereocenters. The number of halogens is 1. The topological polar surface area (TPSA) is 47.0 Å². The molecule has 18 heavy (non-hydrogen) atoms. The summed E-state index contributed by atoms with van der Waals surface area (Å²) >= 11 is 5.87. The summed E-state index contributed by atoms with van der Waals surface area (Å²) in [7, 11) is 1.67. The number of aromatic nitrogens is 2. The standard InChI is InChI=1S/C13H14ClN3O/c1-18-9-8-17-13-12(15-6-7-16-13)10-2-4-11(14)5-3-10/h2-7H,8-9H2,1H3,(H,16,17). The molecule has 0 spiro atoms. The Morgan fingerprint density at radius 1 is 1.17 bits per heavy atom. The highest BCUT2D eigenvalue weighted by Gasteiger charge is 2.06. The van der Waals surface area contributed by atoms with Gasteiger partial charge in [0.15, 0.2) is 5.82 Å². The summed E-state index contributed by atoms with van der Waals surface area (Å²) in [6, 6.07) is 7.52. The predicted molar refractivity (Wildman–Crippen MR) is 72.8 cm³/mol. The van der Waals surface area contributed by atoms with Crippen LogP contribution in [0, 0.1) is 0 Å². The molecule has 0 aliphatic carbocycles. The molecule has 1 N–H and O–H groups in total. The van der Waals surface area contributed by atoms with Crippen molar-refractivity contribution >= 4 is 17.4 Å². The Balaban J connectivity index is 2.23. The minimum Gasteiger partial charge on any atom is -0.383 e. The monoisotopic (exact) mass is 263 g/mol. The van der Waals surface area contributed by atoms with Crippen LogP contribution in [-0.2, 0) is 4.74 Å². The summed E-state index contributed by atoms with van der Waals surface area (Å²) in [5.74, 6) is 0.747. The van der Waals surface area contributed by atoms with Gasteiger partial charge in [0, 0.05) is 36.6 Å². The van der Waals surface area contributed by atoms with E-state index in [1.165, 1.54) is 0 Å². The van der Waals surface area contributed by atoms with Gasteiger partial charge in [-0.25, -0.2) is 4.98 Å². The zero-order valence-corrected chi connectivity index (χ0v) is 10.8. The van der Waals surface area contributed by atoms with Gasteiger partial charge in [-0.15, -0.1) is 0 Å². The van der Waals surface area contributed by atoms with Crippen molar-refractivity contribution in [3.05, 3.63) is 41.7 Å². The molecule has 0 saturated carbocycles. The van der Waals surface area contributed by atoms with Crippen LogP contribution >= 0.6 is 11.6 Å². The molecule has 2 aromatic rings. The Labute approximate surface area is 111 Å². The summed E-state index contributed by atoms with van der Waals surface area (Å²) < 4.78 is 5.00. The van der Waals surface area contributed by atoms with E-state index in [-0.39, 0.29) is 0 Å². The van der Waals surface area contributed by atoms with Crippen LogP contribution in [0.25, 0.3) is 11.3 Å². The molecule has 0 saturated heterocycles. The minimum absolute atomic E-state index is 0.622. The Morgan fingerprint density at radius 3 is 2.61 bits per heavy atom. The van der Waals surface area contributed by atoms with E-state index in [0.29, 0.717) is 18.2 Å². The highest BCUT2D eigenvalue weighted by molar-refractivity contribution is 6.30. The quantitative estimate of drug-likeness (QED) is 0.843. The Kier molecular flexibility index (Phi) is 4.50. The molecule has 0 fully saturated rings. The second-order valence-corrected chi connectivity index (χ2v) is 4.12. The smallest absolute Gasteiger partial charge is 0.152 e. The first kappa shape index (κ1) is 12.8. The summed E-state index contributed by atoms with van der Waals surface area (Å²) in [6.45, 7) is 1.31. The van der Waals surface area contributed by atoms with E-state index in [0.717, 1.165) is 17.1 Å². The normalized spacial score (nSPS) is 10.3. The van der Waals surface area contributed by atoms with Crippen molar-refractivity contribution in [2.45, 2.75) is 0 Å². The molecule has 4 nitrogen and oxygen atoms in total. The highest BCUT2D eigenvalue weighted by atomic mass is 35.5. The van der Waals surface area contributed by atoms with Crippen molar-refractivity contribution in [3.8, 4) is 11.3 Å². The molecule has 0 atom stereocenters. The maximum absolute atomic E-state index is 5.87. The van der Waals surface area contributed by atoms with E-state index in [1.807, 2.05) is 24.3 Å². The number of anilines is 1. The van der Waals surface area contributed by atoms with Gasteiger partial charge in [-0.3, -0.25) is 4.98 Å². The largest absolute Gasteiger partial charge is 0.383 e. The van der Waals surface area contributed by atoms with Gasteiger partial charge in [-0.05, 0) is 12.1 Å². The van der Waals surface area contributed by atoms with Crippen LogP contribution < -0.4 is 5.32 Å². The predicted octanol–water partition coefficient (Wildman–Crippen LogP) is 2.86. The maximum Gasteiger partial charge on any atom is 0.152 e.